The van der Waals surface area contributed by atoms with Gasteiger partial charge in [-0.05, 0) is 24.8 Å². The molecule has 0 aromatic heterocycles. The fraction of sp³-hybridized carbons (Fsp3) is 0.500. The molecule has 0 aromatic rings. The van der Waals surface area contributed by atoms with E-state index >= 15 is 0 Å². The van der Waals surface area contributed by atoms with Crippen molar-refractivity contribution in [3.05, 3.63) is 0 Å². The summed E-state index contributed by atoms with van der Waals surface area (Å²) in [6, 6.07) is 0. The van der Waals surface area contributed by atoms with E-state index in [9.17, 15) is 9.59 Å². The molecule has 1 amide bonds. The summed E-state index contributed by atoms with van der Waals surface area (Å²) in [6.45, 7) is 0.774. The zero-order valence-corrected chi connectivity index (χ0v) is 8.29. The van der Waals surface area contributed by atoms with E-state index in [1.54, 1.807) is 16.3 Å². The van der Waals surface area contributed by atoms with Crippen LogP contribution in [0.5, 0.6) is 0 Å². The molecule has 0 N–H and O–H groups in total. The van der Waals surface area contributed by atoms with Crippen molar-refractivity contribution in [2.45, 2.75) is 12.8 Å². The molecule has 0 unspecified atom stereocenters. The maximum atomic E-state index is 11.4. The first-order chi connectivity index (χ1) is 6.79. The normalized spacial score (nSPS) is 22.6. The Bertz CT molecular complexity index is 331. The van der Waals surface area contributed by atoms with Gasteiger partial charge in [-0.1, -0.05) is 0 Å². The minimum Gasteiger partial charge on any atom is -0.297 e. The van der Waals surface area contributed by atoms with E-state index < -0.39 is 11.7 Å². The van der Waals surface area contributed by atoms with Crippen molar-refractivity contribution < 1.29 is 9.59 Å². The topological polar surface area (TPSA) is 62.1 Å². The molecule has 0 spiro atoms. The van der Waals surface area contributed by atoms with Gasteiger partial charge in [0.15, 0.2) is 5.84 Å². The number of nitrogens with zero attached hydrogens (tertiary/aromatic N) is 3. The summed E-state index contributed by atoms with van der Waals surface area (Å²) in [5, 5.41) is 0. The first-order valence-electron chi connectivity index (χ1n) is 4.38. The van der Waals surface area contributed by atoms with E-state index in [4.69, 9.17) is 0 Å². The zero-order valence-electron chi connectivity index (χ0n) is 7.47. The zero-order chi connectivity index (χ0) is 9.97. The average molecular weight is 211 g/mol. The molecule has 0 saturated carbocycles. The maximum absolute atomic E-state index is 11.4. The second-order valence-electron chi connectivity index (χ2n) is 2.97. The number of aliphatic imine (C=N–C) groups is 2. The van der Waals surface area contributed by atoms with Crippen LogP contribution in [0.2, 0.25) is 0 Å². The van der Waals surface area contributed by atoms with Crippen molar-refractivity contribution in [2.75, 3.05) is 12.3 Å². The lowest BCUT2D eigenvalue weighted by Gasteiger charge is -2.27. The van der Waals surface area contributed by atoms with Crippen molar-refractivity contribution in [1.29, 1.82) is 0 Å². The summed E-state index contributed by atoms with van der Waals surface area (Å²) < 4.78 is 1.79. The van der Waals surface area contributed by atoms with Crippen LogP contribution in [0.25, 0.3) is 0 Å². The van der Waals surface area contributed by atoms with Crippen LogP contribution < -0.4 is 0 Å². The molecule has 2 rings (SSSR count). The number of rotatable bonds is 0. The van der Waals surface area contributed by atoms with Crippen LogP contribution in [0, 0.1) is 0 Å². The third kappa shape index (κ3) is 1.70. The quantitative estimate of drug-likeness (QED) is 0.426. The van der Waals surface area contributed by atoms with Crippen molar-refractivity contribution in [2.24, 2.45) is 9.98 Å². The lowest BCUT2D eigenvalue weighted by Crippen LogP contribution is -2.39. The summed E-state index contributed by atoms with van der Waals surface area (Å²) in [4.78, 5) is 29.5. The highest BCUT2D eigenvalue weighted by Gasteiger charge is 2.28. The number of ketones is 1. The van der Waals surface area contributed by atoms with Crippen LogP contribution in [0.1, 0.15) is 12.8 Å². The minimum atomic E-state index is -0.721. The van der Waals surface area contributed by atoms with Crippen LogP contribution in [0.3, 0.4) is 0 Å². The lowest BCUT2D eigenvalue weighted by atomic mass is 10.3. The molecule has 0 aliphatic carbocycles. The summed E-state index contributed by atoms with van der Waals surface area (Å²) in [6.07, 6.45) is 3.32. The molecule has 2 aliphatic heterocycles. The van der Waals surface area contributed by atoms with Crippen LogP contribution in [0.4, 0.5) is 0 Å². The smallest absolute Gasteiger partial charge is 0.297 e. The van der Waals surface area contributed by atoms with Gasteiger partial charge in [0, 0.05) is 12.3 Å². The van der Waals surface area contributed by atoms with Gasteiger partial charge in [-0.2, -0.15) is 4.99 Å². The number of carbonyl (C=O) groups excluding carboxylic acids is 2. The maximum Gasteiger partial charge on any atom is 0.322 e. The molecule has 5 nitrogen and oxygen atoms in total. The predicted octanol–water partition coefficient (Wildman–Crippen LogP) is 0.267. The van der Waals surface area contributed by atoms with Crippen LogP contribution >= 0.6 is 11.9 Å². The SMILES string of the molecule is O=C1N=CN=C(N2CCCCS2)C1=O. The molecule has 2 aliphatic rings. The Labute approximate surface area is 85.4 Å². The van der Waals surface area contributed by atoms with E-state index in [0.717, 1.165) is 31.5 Å². The Hall–Kier alpha value is -1.17. The molecule has 14 heavy (non-hydrogen) atoms. The Morgan fingerprint density at radius 3 is 2.93 bits per heavy atom. The van der Waals surface area contributed by atoms with E-state index in [1.807, 2.05) is 0 Å². The standard InChI is InChI=1S/C8H9N3O2S/c12-6-7(9-5-10-8(6)13)11-3-1-2-4-14-11/h5H,1-4H2. The number of carbonyl (C=O) groups is 2. The fourth-order valence-corrected chi connectivity index (χ4v) is 2.35. The van der Waals surface area contributed by atoms with Crippen molar-refractivity contribution in [3.8, 4) is 0 Å². The molecule has 1 fully saturated rings. The summed E-state index contributed by atoms with van der Waals surface area (Å²) >= 11 is 1.54. The third-order valence-electron chi connectivity index (χ3n) is 1.99. The molecular formula is C8H9N3O2S. The van der Waals surface area contributed by atoms with Crippen LogP contribution in [0.15, 0.2) is 9.98 Å². The van der Waals surface area contributed by atoms with Crippen molar-refractivity contribution in [3.63, 3.8) is 0 Å². The molecule has 1 saturated heterocycles. The molecular weight excluding hydrogens is 202 g/mol. The van der Waals surface area contributed by atoms with Crippen LogP contribution in [-0.2, 0) is 9.59 Å². The Morgan fingerprint density at radius 1 is 1.36 bits per heavy atom. The van der Waals surface area contributed by atoms with Crippen molar-refractivity contribution in [1.82, 2.24) is 4.31 Å². The summed E-state index contributed by atoms with van der Waals surface area (Å²) in [7, 11) is 0. The lowest BCUT2D eigenvalue weighted by molar-refractivity contribution is -0.132. The number of amides is 1. The van der Waals surface area contributed by atoms with Gasteiger partial charge in [-0.25, -0.2) is 4.99 Å². The molecule has 0 aromatic carbocycles. The van der Waals surface area contributed by atoms with E-state index in [-0.39, 0.29) is 5.84 Å². The number of hydrogen-bond donors (Lipinski definition) is 0. The van der Waals surface area contributed by atoms with Gasteiger partial charge in [-0.15, -0.1) is 0 Å². The van der Waals surface area contributed by atoms with Gasteiger partial charge < -0.3 is 0 Å². The Kier molecular flexibility index (Phi) is 2.62. The Balaban J connectivity index is 2.16. The average Bonchev–Trinajstić information content (AvgIpc) is 2.23. The van der Waals surface area contributed by atoms with Gasteiger partial charge in [0.1, 0.15) is 6.34 Å². The second kappa shape index (κ2) is 3.91. The van der Waals surface area contributed by atoms with Gasteiger partial charge in [-0.3, -0.25) is 13.9 Å². The fourth-order valence-electron chi connectivity index (χ4n) is 1.29. The van der Waals surface area contributed by atoms with Gasteiger partial charge in [0.2, 0.25) is 0 Å². The first-order valence-corrected chi connectivity index (χ1v) is 5.33. The van der Waals surface area contributed by atoms with Gasteiger partial charge in [0.05, 0.1) is 0 Å². The van der Waals surface area contributed by atoms with E-state index in [2.05, 4.69) is 9.98 Å². The second-order valence-corrected chi connectivity index (χ2v) is 4.08. The number of hydrogen-bond acceptors (Lipinski definition) is 5. The van der Waals surface area contributed by atoms with E-state index in [0.29, 0.717) is 0 Å². The molecule has 0 radical (unpaired) electrons. The van der Waals surface area contributed by atoms with E-state index in [1.165, 1.54) is 0 Å². The Morgan fingerprint density at radius 2 is 2.21 bits per heavy atom. The highest BCUT2D eigenvalue weighted by molar-refractivity contribution is 7.97. The molecule has 0 bridgehead atoms. The van der Waals surface area contributed by atoms with Crippen LogP contribution in [-0.4, -0.2) is 40.5 Å². The summed E-state index contributed by atoms with van der Waals surface area (Å²) in [5.74, 6) is -0.116. The van der Waals surface area contributed by atoms with Crippen molar-refractivity contribution >= 4 is 35.8 Å². The highest BCUT2D eigenvalue weighted by Crippen LogP contribution is 2.20. The summed E-state index contributed by atoms with van der Waals surface area (Å²) in [5.41, 5.74) is 0. The van der Waals surface area contributed by atoms with Gasteiger partial charge in [0.25, 0.3) is 5.78 Å². The number of amidine groups is 1. The first kappa shape index (κ1) is 9.39. The monoisotopic (exact) mass is 211 g/mol. The predicted molar refractivity (Wildman–Crippen MR) is 54.3 cm³/mol. The largest absolute Gasteiger partial charge is 0.322 e. The molecule has 6 heteroatoms. The minimum absolute atomic E-state index is 0.231. The molecule has 0 atom stereocenters. The highest BCUT2D eigenvalue weighted by atomic mass is 32.2. The molecule has 74 valence electrons. The van der Waals surface area contributed by atoms with Gasteiger partial charge >= 0.3 is 5.91 Å². The third-order valence-corrected chi connectivity index (χ3v) is 3.13. The molecule has 2 heterocycles. The number of Topliss-reactive ketones (excluding diaryl/α,β-unsaturated/α-hetero) is 1.